The van der Waals surface area contributed by atoms with Gasteiger partial charge in [-0.1, -0.05) is 12.1 Å². The minimum atomic E-state index is -4.33. The normalized spacial score (nSPS) is 12.5. The van der Waals surface area contributed by atoms with E-state index in [4.69, 9.17) is 4.74 Å². The Balaban J connectivity index is 2.18. The predicted molar refractivity (Wildman–Crippen MR) is 96.6 cm³/mol. The molecule has 0 amide bonds. The molecule has 1 aromatic heterocycles. The van der Waals surface area contributed by atoms with Crippen LogP contribution in [0.3, 0.4) is 0 Å². The molecule has 0 unspecified atom stereocenters. The van der Waals surface area contributed by atoms with Gasteiger partial charge in [0, 0.05) is 18.0 Å². The lowest BCUT2D eigenvalue weighted by molar-refractivity contribution is -0.133. The first-order valence-corrected chi connectivity index (χ1v) is 9.63. The molecule has 0 N–H and O–H groups in total. The maximum atomic E-state index is 13.1. The zero-order valence-electron chi connectivity index (χ0n) is 14.7. The van der Waals surface area contributed by atoms with Crippen molar-refractivity contribution in [1.82, 2.24) is 3.97 Å². The monoisotopic (exact) mass is 397 g/mol. The zero-order chi connectivity index (χ0) is 19.8. The molecule has 0 aliphatic carbocycles. The molecule has 2 aromatic carbocycles. The maximum absolute atomic E-state index is 13.1. The Morgan fingerprint density at radius 3 is 2.48 bits per heavy atom. The van der Waals surface area contributed by atoms with E-state index in [1.165, 1.54) is 25.4 Å². The molecule has 27 heavy (non-hydrogen) atoms. The van der Waals surface area contributed by atoms with Gasteiger partial charge in [0.1, 0.15) is 5.75 Å². The van der Waals surface area contributed by atoms with Crippen LogP contribution in [0.25, 0.3) is 10.9 Å². The van der Waals surface area contributed by atoms with Crippen molar-refractivity contribution < 1.29 is 26.3 Å². The molecule has 1 heterocycles. The Morgan fingerprint density at radius 1 is 1.11 bits per heavy atom. The Kier molecular flexibility index (Phi) is 4.94. The minimum absolute atomic E-state index is 0.0811. The molecule has 144 valence electrons. The van der Waals surface area contributed by atoms with Gasteiger partial charge >= 0.3 is 6.18 Å². The van der Waals surface area contributed by atoms with E-state index >= 15 is 0 Å². The first kappa shape index (κ1) is 19.3. The molecule has 3 aromatic rings. The van der Waals surface area contributed by atoms with E-state index in [1.54, 1.807) is 37.3 Å². The summed E-state index contributed by atoms with van der Waals surface area (Å²) < 4.78 is 70.4. The van der Waals surface area contributed by atoms with E-state index in [1.807, 2.05) is 0 Å². The number of aryl methyl sites for hydroxylation is 2. The van der Waals surface area contributed by atoms with Crippen molar-refractivity contribution in [3.63, 3.8) is 0 Å². The molecule has 0 radical (unpaired) electrons. The van der Waals surface area contributed by atoms with Crippen LogP contribution in [0.1, 0.15) is 17.5 Å². The molecule has 0 aliphatic heterocycles. The lowest BCUT2D eigenvalue weighted by Gasteiger charge is -2.08. The second-order valence-corrected chi connectivity index (χ2v) is 8.08. The average Bonchev–Trinajstić information content (AvgIpc) is 2.98. The maximum Gasteiger partial charge on any atom is 0.389 e. The van der Waals surface area contributed by atoms with E-state index in [9.17, 15) is 21.6 Å². The van der Waals surface area contributed by atoms with Crippen molar-refractivity contribution >= 4 is 20.9 Å². The van der Waals surface area contributed by atoms with Gasteiger partial charge in [-0.05, 0) is 54.8 Å². The summed E-state index contributed by atoms with van der Waals surface area (Å²) in [6, 6.07) is 11.1. The topological polar surface area (TPSA) is 48.3 Å². The van der Waals surface area contributed by atoms with Gasteiger partial charge in [0.05, 0.1) is 17.5 Å². The van der Waals surface area contributed by atoms with Crippen molar-refractivity contribution in [2.75, 3.05) is 7.11 Å². The third-order valence-corrected chi connectivity index (χ3v) is 5.95. The number of alkyl halides is 3. The Morgan fingerprint density at radius 2 is 1.85 bits per heavy atom. The van der Waals surface area contributed by atoms with Crippen LogP contribution in [0.5, 0.6) is 5.75 Å². The summed E-state index contributed by atoms with van der Waals surface area (Å²) in [5, 5.41) is 0.426. The Labute approximate surface area is 155 Å². The summed E-state index contributed by atoms with van der Waals surface area (Å²) >= 11 is 0. The summed E-state index contributed by atoms with van der Waals surface area (Å²) in [5.41, 5.74) is 1.39. The highest BCUT2D eigenvalue weighted by molar-refractivity contribution is 7.90. The second kappa shape index (κ2) is 6.92. The number of aromatic nitrogens is 1. The van der Waals surface area contributed by atoms with Crippen molar-refractivity contribution in [2.24, 2.45) is 0 Å². The number of nitrogens with zero attached hydrogens (tertiary/aromatic N) is 1. The molecule has 0 aliphatic rings. The SMILES string of the molecule is COc1ccc2c(c1)c(CCC(F)(F)F)cn2S(=O)(=O)c1cccc(C)c1. The number of hydrogen-bond acceptors (Lipinski definition) is 3. The van der Waals surface area contributed by atoms with Gasteiger partial charge in [0.25, 0.3) is 10.0 Å². The number of halogens is 3. The standard InChI is InChI=1S/C19H18F3NO3S/c1-13-4-3-5-16(10-13)27(24,25)23-12-14(8-9-19(20,21)22)17-11-15(26-2)6-7-18(17)23/h3-7,10-12H,8-9H2,1-2H3. The molecule has 8 heteroatoms. The number of ether oxygens (including phenoxy) is 1. The van der Waals surface area contributed by atoms with E-state index in [-0.39, 0.29) is 11.3 Å². The first-order chi connectivity index (χ1) is 12.6. The molecule has 0 spiro atoms. The quantitative estimate of drug-likeness (QED) is 0.628. The van der Waals surface area contributed by atoms with Gasteiger partial charge in [-0.15, -0.1) is 0 Å². The molecule has 0 fully saturated rings. The molecule has 4 nitrogen and oxygen atoms in total. The largest absolute Gasteiger partial charge is 0.497 e. The highest BCUT2D eigenvalue weighted by atomic mass is 32.2. The summed E-state index contributed by atoms with van der Waals surface area (Å²) in [4.78, 5) is 0.0811. The minimum Gasteiger partial charge on any atom is -0.497 e. The van der Waals surface area contributed by atoms with Crippen LogP contribution in [-0.2, 0) is 16.4 Å². The zero-order valence-corrected chi connectivity index (χ0v) is 15.6. The van der Waals surface area contributed by atoms with E-state index in [2.05, 4.69) is 0 Å². The van der Waals surface area contributed by atoms with Crippen LogP contribution in [0.15, 0.2) is 53.6 Å². The highest BCUT2D eigenvalue weighted by Gasteiger charge is 2.28. The molecule has 0 atom stereocenters. The number of fused-ring (bicyclic) bond motifs is 1. The molecule has 3 rings (SSSR count). The van der Waals surface area contributed by atoms with Gasteiger partial charge in [0.15, 0.2) is 0 Å². The van der Waals surface area contributed by atoms with E-state index < -0.39 is 22.6 Å². The number of rotatable bonds is 5. The summed E-state index contributed by atoms with van der Waals surface area (Å²) in [6.07, 6.45) is -4.41. The number of methoxy groups -OCH3 is 1. The first-order valence-electron chi connectivity index (χ1n) is 8.19. The highest BCUT2D eigenvalue weighted by Crippen LogP contribution is 2.32. The van der Waals surface area contributed by atoms with Gasteiger partial charge in [-0.25, -0.2) is 12.4 Å². The third-order valence-electron chi connectivity index (χ3n) is 4.28. The van der Waals surface area contributed by atoms with Crippen molar-refractivity contribution in [3.8, 4) is 5.75 Å². The lowest BCUT2D eigenvalue weighted by Crippen LogP contribution is -2.12. The van der Waals surface area contributed by atoms with Crippen LogP contribution < -0.4 is 4.74 Å². The van der Waals surface area contributed by atoms with E-state index in [0.29, 0.717) is 22.2 Å². The fourth-order valence-electron chi connectivity index (χ4n) is 2.94. The van der Waals surface area contributed by atoms with Crippen LogP contribution in [-0.4, -0.2) is 25.7 Å². The smallest absolute Gasteiger partial charge is 0.389 e. The summed E-state index contributed by atoms with van der Waals surface area (Å²) in [7, 11) is -2.50. The van der Waals surface area contributed by atoms with E-state index in [0.717, 1.165) is 9.54 Å². The number of hydrogen-bond donors (Lipinski definition) is 0. The van der Waals surface area contributed by atoms with Gasteiger partial charge in [-0.3, -0.25) is 0 Å². The fourth-order valence-corrected chi connectivity index (χ4v) is 4.43. The summed E-state index contributed by atoms with van der Waals surface area (Å²) in [5.74, 6) is 0.446. The third kappa shape index (κ3) is 3.95. The lowest BCUT2D eigenvalue weighted by atomic mass is 10.1. The van der Waals surface area contributed by atoms with Gasteiger partial charge in [0.2, 0.25) is 0 Å². The van der Waals surface area contributed by atoms with Crippen LogP contribution in [0, 0.1) is 6.92 Å². The second-order valence-electron chi connectivity index (χ2n) is 6.27. The molecule has 0 saturated carbocycles. The molecular weight excluding hydrogens is 379 g/mol. The Bertz CT molecular complexity index is 1090. The summed E-state index contributed by atoms with van der Waals surface area (Å²) in [6.45, 7) is 1.77. The van der Waals surface area contributed by atoms with Crippen molar-refractivity contribution in [2.45, 2.75) is 30.8 Å². The molecule has 0 bridgehead atoms. The van der Waals surface area contributed by atoms with Crippen LogP contribution in [0.4, 0.5) is 13.2 Å². The van der Waals surface area contributed by atoms with Gasteiger partial charge < -0.3 is 4.74 Å². The van der Waals surface area contributed by atoms with Crippen molar-refractivity contribution in [3.05, 3.63) is 59.8 Å². The molecular formula is C19H18F3NO3S. The van der Waals surface area contributed by atoms with Crippen molar-refractivity contribution in [1.29, 1.82) is 0 Å². The van der Waals surface area contributed by atoms with Crippen LogP contribution >= 0.6 is 0 Å². The number of benzene rings is 2. The fraction of sp³-hybridized carbons (Fsp3) is 0.263. The predicted octanol–water partition coefficient (Wildman–Crippen LogP) is 4.69. The van der Waals surface area contributed by atoms with Gasteiger partial charge in [-0.2, -0.15) is 13.2 Å². The Hall–Kier alpha value is -2.48. The average molecular weight is 397 g/mol. The molecule has 0 saturated heterocycles. The van der Waals surface area contributed by atoms with Crippen LogP contribution in [0.2, 0.25) is 0 Å².